The van der Waals surface area contributed by atoms with Crippen molar-refractivity contribution in [3.63, 3.8) is 0 Å². The number of ether oxygens (including phenoxy) is 1. The van der Waals surface area contributed by atoms with Crippen molar-refractivity contribution in [1.82, 2.24) is 15.1 Å². The van der Waals surface area contributed by atoms with Crippen LogP contribution in [0, 0.1) is 5.82 Å². The van der Waals surface area contributed by atoms with E-state index in [9.17, 15) is 9.18 Å². The Morgan fingerprint density at radius 3 is 2.69 bits per heavy atom. The number of aromatic nitrogens is 2. The van der Waals surface area contributed by atoms with Gasteiger partial charge in [0.1, 0.15) is 23.9 Å². The predicted molar refractivity (Wildman–Crippen MR) is 116 cm³/mol. The molecule has 0 radical (unpaired) electrons. The Hall–Kier alpha value is -3.87. The van der Waals surface area contributed by atoms with E-state index in [0.29, 0.717) is 18.1 Å². The van der Waals surface area contributed by atoms with Crippen LogP contribution in [0.15, 0.2) is 71.1 Å². The number of nitrogens with zero attached hydrogens (tertiary/aromatic N) is 2. The zero-order chi connectivity index (χ0) is 21.9. The third-order valence-corrected chi connectivity index (χ3v) is 5.51. The molecule has 0 atom stereocenters. The maximum Gasteiger partial charge on any atom is 0.287 e. The Labute approximate surface area is 184 Å². The number of hydrogen-bond acceptors (Lipinski definition) is 4. The number of benzene rings is 2. The highest BCUT2D eigenvalue weighted by Crippen LogP contribution is 2.27. The fourth-order valence-electron chi connectivity index (χ4n) is 3.95. The van der Waals surface area contributed by atoms with Crippen LogP contribution in [0.1, 0.15) is 39.7 Å². The minimum absolute atomic E-state index is 0.147. The molecular weight excluding hydrogens is 409 g/mol. The zero-order valence-electron chi connectivity index (χ0n) is 17.4. The van der Waals surface area contributed by atoms with E-state index in [-0.39, 0.29) is 24.1 Å². The quantitative estimate of drug-likeness (QED) is 0.464. The lowest BCUT2D eigenvalue weighted by atomic mass is 10.2. The van der Waals surface area contributed by atoms with Crippen LogP contribution >= 0.6 is 0 Å². The second-order valence-corrected chi connectivity index (χ2v) is 7.66. The summed E-state index contributed by atoms with van der Waals surface area (Å²) in [5.41, 5.74) is 4.36. The number of rotatable bonds is 7. The van der Waals surface area contributed by atoms with Gasteiger partial charge < -0.3 is 14.5 Å². The lowest BCUT2D eigenvalue weighted by Crippen LogP contribution is -2.23. The van der Waals surface area contributed by atoms with E-state index in [2.05, 4.69) is 5.32 Å². The van der Waals surface area contributed by atoms with Gasteiger partial charge in [-0.15, -0.1) is 0 Å². The van der Waals surface area contributed by atoms with Crippen molar-refractivity contribution in [2.75, 3.05) is 0 Å². The average Bonchev–Trinajstić information content (AvgIpc) is 3.55. The zero-order valence-corrected chi connectivity index (χ0v) is 17.4. The minimum atomic E-state index is -0.325. The van der Waals surface area contributed by atoms with Gasteiger partial charge in [-0.05, 0) is 73.4 Å². The second-order valence-electron chi connectivity index (χ2n) is 7.66. The molecule has 4 aromatic rings. The molecule has 2 aromatic carbocycles. The molecule has 162 valence electrons. The summed E-state index contributed by atoms with van der Waals surface area (Å²) in [6.07, 6.45) is 3.05. The van der Waals surface area contributed by atoms with Gasteiger partial charge in [0.05, 0.1) is 17.9 Å². The molecular formula is C25H22FN3O3. The van der Waals surface area contributed by atoms with Gasteiger partial charge in [-0.3, -0.25) is 4.79 Å². The first-order valence-corrected chi connectivity index (χ1v) is 10.6. The second kappa shape index (κ2) is 8.70. The summed E-state index contributed by atoms with van der Waals surface area (Å²) < 4.78 is 26.1. The van der Waals surface area contributed by atoms with E-state index in [1.165, 1.54) is 23.4 Å². The van der Waals surface area contributed by atoms with Gasteiger partial charge in [0.25, 0.3) is 5.91 Å². The van der Waals surface area contributed by atoms with Crippen molar-refractivity contribution in [2.45, 2.75) is 32.4 Å². The number of furan rings is 1. The van der Waals surface area contributed by atoms with Crippen LogP contribution in [0.5, 0.6) is 5.75 Å². The molecule has 1 aliphatic rings. The molecule has 0 bridgehead atoms. The van der Waals surface area contributed by atoms with Gasteiger partial charge in [0.15, 0.2) is 5.76 Å². The molecule has 2 heterocycles. The molecule has 0 unspecified atom stereocenters. The Balaban J connectivity index is 1.23. The number of hydrogen-bond donors (Lipinski definition) is 1. The summed E-state index contributed by atoms with van der Waals surface area (Å²) in [4.78, 5) is 12.6. The van der Waals surface area contributed by atoms with Crippen LogP contribution in [0.2, 0.25) is 0 Å². The third-order valence-electron chi connectivity index (χ3n) is 5.51. The van der Waals surface area contributed by atoms with Gasteiger partial charge in [0.2, 0.25) is 0 Å². The largest absolute Gasteiger partial charge is 0.486 e. The molecule has 7 heteroatoms. The predicted octanol–water partition coefficient (Wildman–Crippen LogP) is 4.60. The van der Waals surface area contributed by atoms with E-state index in [0.717, 1.165) is 30.6 Å². The van der Waals surface area contributed by atoms with Gasteiger partial charge in [-0.1, -0.05) is 18.2 Å². The molecule has 5 rings (SSSR count). The van der Waals surface area contributed by atoms with Crippen LogP contribution in [0.4, 0.5) is 4.39 Å². The molecule has 0 saturated carbocycles. The van der Waals surface area contributed by atoms with Crippen molar-refractivity contribution in [1.29, 1.82) is 0 Å². The Morgan fingerprint density at radius 1 is 1.06 bits per heavy atom. The van der Waals surface area contributed by atoms with Crippen molar-refractivity contribution in [3.05, 3.63) is 101 Å². The molecule has 6 nitrogen and oxygen atoms in total. The number of carbonyl (C=O) groups excluding carboxylic acids is 1. The maximum atomic E-state index is 13.0. The molecule has 0 aliphatic heterocycles. The summed E-state index contributed by atoms with van der Waals surface area (Å²) in [5.74, 6) is 0.611. The maximum absolute atomic E-state index is 13.0. The summed E-state index contributed by atoms with van der Waals surface area (Å²) in [6.45, 7) is 0.483. The first-order chi connectivity index (χ1) is 15.7. The van der Waals surface area contributed by atoms with E-state index in [1.807, 2.05) is 35.0 Å². The number of halogens is 1. The molecule has 1 aliphatic carbocycles. The standard InChI is InChI=1S/C25H22FN3O3/c26-17-9-11-19(12-10-17)31-16-20-13-14-24(32-20)25(30)27-15-22-21-7-4-8-23(21)29(28-22)18-5-2-1-3-6-18/h1-3,5-6,9-14H,4,7-8,15-16H2,(H,27,30). The van der Waals surface area contributed by atoms with Gasteiger partial charge in [0, 0.05) is 5.69 Å². The average molecular weight is 431 g/mol. The van der Waals surface area contributed by atoms with Crippen LogP contribution in [0.25, 0.3) is 5.69 Å². The van der Waals surface area contributed by atoms with Crippen molar-refractivity contribution < 1.29 is 18.3 Å². The monoisotopic (exact) mass is 431 g/mol. The summed E-state index contributed by atoms with van der Waals surface area (Å²) >= 11 is 0. The fraction of sp³-hybridized carbons (Fsp3) is 0.200. The van der Waals surface area contributed by atoms with Crippen LogP contribution in [-0.2, 0) is 26.0 Å². The molecule has 0 fully saturated rings. The van der Waals surface area contributed by atoms with Crippen LogP contribution in [0.3, 0.4) is 0 Å². The first kappa shape index (κ1) is 20.1. The first-order valence-electron chi connectivity index (χ1n) is 10.6. The lowest BCUT2D eigenvalue weighted by Gasteiger charge is -2.05. The highest BCUT2D eigenvalue weighted by Gasteiger charge is 2.23. The molecule has 2 aromatic heterocycles. The minimum Gasteiger partial charge on any atom is -0.486 e. The molecule has 0 spiro atoms. The normalized spacial score (nSPS) is 12.5. The SMILES string of the molecule is O=C(NCc1nn(-c2ccccc2)c2c1CCC2)c1ccc(COc2ccc(F)cc2)o1. The molecule has 1 amide bonds. The third kappa shape index (κ3) is 4.14. The van der Waals surface area contributed by atoms with Crippen LogP contribution < -0.4 is 10.1 Å². The van der Waals surface area contributed by atoms with Crippen LogP contribution in [-0.4, -0.2) is 15.7 Å². The highest BCUT2D eigenvalue weighted by atomic mass is 19.1. The van der Waals surface area contributed by atoms with Crippen molar-refractivity contribution in [3.8, 4) is 11.4 Å². The smallest absolute Gasteiger partial charge is 0.287 e. The summed E-state index contributed by atoms with van der Waals surface area (Å²) in [5, 5.41) is 7.68. The Bertz CT molecular complexity index is 1230. The van der Waals surface area contributed by atoms with E-state index in [4.69, 9.17) is 14.3 Å². The number of fused-ring (bicyclic) bond motifs is 1. The topological polar surface area (TPSA) is 69.3 Å². The van der Waals surface area contributed by atoms with Gasteiger partial charge >= 0.3 is 0 Å². The lowest BCUT2D eigenvalue weighted by molar-refractivity contribution is 0.0918. The fourth-order valence-corrected chi connectivity index (χ4v) is 3.95. The van der Waals surface area contributed by atoms with E-state index in [1.54, 1.807) is 24.3 Å². The number of amides is 1. The molecule has 0 saturated heterocycles. The Kier molecular flexibility index (Phi) is 5.46. The van der Waals surface area contributed by atoms with Gasteiger partial charge in [-0.25, -0.2) is 9.07 Å². The summed E-state index contributed by atoms with van der Waals surface area (Å²) in [6, 6.07) is 19.1. The van der Waals surface area contributed by atoms with Gasteiger partial charge in [-0.2, -0.15) is 5.10 Å². The molecule has 1 N–H and O–H groups in total. The van der Waals surface area contributed by atoms with Crippen molar-refractivity contribution in [2.24, 2.45) is 0 Å². The Morgan fingerprint density at radius 2 is 1.88 bits per heavy atom. The molecule has 32 heavy (non-hydrogen) atoms. The highest BCUT2D eigenvalue weighted by molar-refractivity contribution is 5.91. The summed E-state index contributed by atoms with van der Waals surface area (Å²) in [7, 11) is 0. The van der Waals surface area contributed by atoms with Crippen molar-refractivity contribution >= 4 is 5.91 Å². The van der Waals surface area contributed by atoms with E-state index >= 15 is 0 Å². The van der Waals surface area contributed by atoms with E-state index < -0.39 is 0 Å². The number of nitrogens with one attached hydrogen (secondary N) is 1. The number of para-hydroxylation sites is 1. The number of carbonyl (C=O) groups is 1.